The van der Waals surface area contributed by atoms with Gasteiger partial charge in [0.15, 0.2) is 0 Å². The van der Waals surface area contributed by atoms with E-state index in [9.17, 15) is 14.2 Å². The summed E-state index contributed by atoms with van der Waals surface area (Å²) >= 11 is 0. The number of hydroxylamine groups is 2. The maximum atomic E-state index is 13.6. The minimum absolute atomic E-state index is 0.0213. The van der Waals surface area contributed by atoms with E-state index in [1.807, 2.05) is 91.0 Å². The maximum Gasteiger partial charge on any atom is 0.475 e. The predicted octanol–water partition coefficient (Wildman–Crippen LogP) is 7.41. The topological polar surface area (TPSA) is 101 Å². The Morgan fingerprint density at radius 2 is 1.21 bits per heavy atom. The lowest BCUT2D eigenvalue weighted by atomic mass is 10.2. The van der Waals surface area contributed by atoms with Crippen molar-refractivity contribution in [1.82, 2.24) is 5.06 Å². The minimum Gasteiger partial charge on any atom is -0.466 e. The lowest BCUT2D eigenvalue weighted by Crippen LogP contribution is -2.35. The zero-order valence-electron chi connectivity index (χ0n) is 24.8. The number of unbranched alkanes of at least 4 members (excludes halogenated alkanes) is 3. The van der Waals surface area contributed by atoms with Crippen molar-refractivity contribution in [2.45, 2.75) is 65.3 Å². The van der Waals surface area contributed by atoms with Crippen molar-refractivity contribution in [3.05, 3.63) is 108 Å². The standard InChI is InChI=1S/C33H42NO8P/c1-2-3-7-22-33(36)38-24-15-14-23-34(39-25-29-16-8-4-9-17-29)32(35)28-42-43(37,40-26-30-18-10-5-11-19-30)41-27-31-20-12-6-13-21-31/h4-6,8-13,16-21H,2-3,7,14-15,22-28H2,1H3. The highest BCUT2D eigenvalue weighted by Crippen LogP contribution is 2.51. The van der Waals surface area contributed by atoms with Gasteiger partial charge in [0.1, 0.15) is 13.2 Å². The van der Waals surface area contributed by atoms with Crippen LogP contribution in [0.5, 0.6) is 0 Å². The van der Waals surface area contributed by atoms with E-state index in [2.05, 4.69) is 6.92 Å². The van der Waals surface area contributed by atoms with E-state index in [0.717, 1.165) is 36.0 Å². The molecule has 3 aromatic carbocycles. The molecular formula is C33H42NO8P. The third kappa shape index (κ3) is 14.1. The van der Waals surface area contributed by atoms with Crippen LogP contribution < -0.4 is 0 Å². The van der Waals surface area contributed by atoms with Gasteiger partial charge in [-0.1, -0.05) is 111 Å². The molecule has 0 atom stereocenters. The first-order valence-corrected chi connectivity index (χ1v) is 16.2. The highest BCUT2D eigenvalue weighted by molar-refractivity contribution is 7.48. The summed E-state index contributed by atoms with van der Waals surface area (Å²) in [6.45, 7) is 2.10. The summed E-state index contributed by atoms with van der Waals surface area (Å²) in [7, 11) is -4.14. The summed E-state index contributed by atoms with van der Waals surface area (Å²) < 4.78 is 35.7. The van der Waals surface area contributed by atoms with Crippen LogP contribution in [0, 0.1) is 0 Å². The van der Waals surface area contributed by atoms with Crippen LogP contribution in [0.1, 0.15) is 62.1 Å². The van der Waals surface area contributed by atoms with E-state index in [1.165, 1.54) is 5.06 Å². The third-order valence-electron chi connectivity index (χ3n) is 6.32. The van der Waals surface area contributed by atoms with Crippen LogP contribution in [0.3, 0.4) is 0 Å². The fourth-order valence-corrected chi connectivity index (χ4v) is 5.00. The van der Waals surface area contributed by atoms with Crippen LogP contribution >= 0.6 is 7.82 Å². The van der Waals surface area contributed by atoms with Gasteiger partial charge in [0.2, 0.25) is 0 Å². The molecule has 0 saturated carbocycles. The second kappa shape index (κ2) is 19.8. The quantitative estimate of drug-likeness (QED) is 0.0531. The lowest BCUT2D eigenvalue weighted by Gasteiger charge is -2.23. The fourth-order valence-electron chi connectivity index (χ4n) is 3.90. The first kappa shape index (κ1) is 34.2. The molecule has 0 fully saturated rings. The number of phosphoric acid groups is 1. The molecule has 0 N–H and O–H groups in total. The minimum atomic E-state index is -4.14. The molecule has 0 aliphatic heterocycles. The first-order chi connectivity index (χ1) is 21.0. The van der Waals surface area contributed by atoms with Crippen molar-refractivity contribution in [2.75, 3.05) is 19.8 Å². The Bertz CT molecular complexity index is 1200. The highest BCUT2D eigenvalue weighted by atomic mass is 31.2. The van der Waals surface area contributed by atoms with Gasteiger partial charge in [-0.2, -0.15) is 0 Å². The zero-order chi connectivity index (χ0) is 30.6. The van der Waals surface area contributed by atoms with E-state index < -0.39 is 20.3 Å². The number of esters is 1. The summed E-state index contributed by atoms with van der Waals surface area (Å²) in [4.78, 5) is 30.9. The van der Waals surface area contributed by atoms with Crippen LogP contribution in [0.15, 0.2) is 91.0 Å². The number of benzene rings is 3. The second-order valence-corrected chi connectivity index (χ2v) is 11.5. The van der Waals surface area contributed by atoms with E-state index in [0.29, 0.717) is 19.3 Å². The lowest BCUT2D eigenvalue weighted by molar-refractivity contribution is -0.194. The predicted molar refractivity (Wildman–Crippen MR) is 163 cm³/mol. The molecule has 0 saturated heterocycles. The molecule has 0 aliphatic rings. The Balaban J connectivity index is 1.57. The molecule has 0 heterocycles. The van der Waals surface area contributed by atoms with Crippen LogP contribution in [0.25, 0.3) is 0 Å². The maximum absolute atomic E-state index is 13.6. The molecule has 0 bridgehead atoms. The van der Waals surface area contributed by atoms with Gasteiger partial charge in [-0.05, 0) is 36.0 Å². The van der Waals surface area contributed by atoms with E-state index in [-0.39, 0.29) is 38.9 Å². The summed E-state index contributed by atoms with van der Waals surface area (Å²) in [5, 5.41) is 1.19. The van der Waals surface area contributed by atoms with Crippen molar-refractivity contribution in [2.24, 2.45) is 0 Å². The molecule has 0 aromatic heterocycles. The van der Waals surface area contributed by atoms with Gasteiger partial charge >= 0.3 is 13.8 Å². The monoisotopic (exact) mass is 611 g/mol. The number of carbonyl (C=O) groups is 2. The SMILES string of the molecule is CCCCCC(=O)OCCCCN(OCc1ccccc1)C(=O)COP(=O)(OCc1ccccc1)OCc1ccccc1. The molecule has 3 aromatic rings. The number of hydrogen-bond acceptors (Lipinski definition) is 8. The third-order valence-corrected chi connectivity index (χ3v) is 7.66. The summed E-state index contributed by atoms with van der Waals surface area (Å²) in [6, 6.07) is 27.8. The Hall–Kier alpha value is -3.33. The van der Waals surface area contributed by atoms with Crippen molar-refractivity contribution in [1.29, 1.82) is 0 Å². The summed E-state index contributed by atoms with van der Waals surface area (Å²) in [5.74, 6) is -0.754. The number of phosphoric ester groups is 1. The van der Waals surface area contributed by atoms with Crippen molar-refractivity contribution in [3.8, 4) is 0 Å². The average Bonchev–Trinajstić information content (AvgIpc) is 3.04. The number of nitrogens with zero attached hydrogens (tertiary/aromatic N) is 1. The highest BCUT2D eigenvalue weighted by Gasteiger charge is 2.30. The van der Waals surface area contributed by atoms with Crippen molar-refractivity contribution in [3.63, 3.8) is 0 Å². The summed E-state index contributed by atoms with van der Waals surface area (Å²) in [5.41, 5.74) is 2.44. The smallest absolute Gasteiger partial charge is 0.466 e. The van der Waals surface area contributed by atoms with E-state index >= 15 is 0 Å². The molecule has 43 heavy (non-hydrogen) atoms. The number of amides is 1. The molecule has 3 rings (SSSR count). The van der Waals surface area contributed by atoms with Gasteiger partial charge in [-0.25, -0.2) is 9.63 Å². The molecular weight excluding hydrogens is 569 g/mol. The Kier molecular flexibility index (Phi) is 15.7. The first-order valence-electron chi connectivity index (χ1n) is 14.7. The molecule has 0 radical (unpaired) electrons. The van der Waals surface area contributed by atoms with Crippen molar-refractivity contribution >= 4 is 19.7 Å². The van der Waals surface area contributed by atoms with Crippen LogP contribution in [-0.2, 0) is 57.1 Å². The largest absolute Gasteiger partial charge is 0.475 e. The van der Waals surface area contributed by atoms with Crippen LogP contribution in [0.2, 0.25) is 0 Å². The molecule has 0 aliphatic carbocycles. The number of rotatable bonds is 21. The average molecular weight is 612 g/mol. The van der Waals surface area contributed by atoms with Gasteiger partial charge in [0, 0.05) is 13.0 Å². The van der Waals surface area contributed by atoms with Crippen LogP contribution in [-0.4, -0.2) is 36.7 Å². The number of hydrogen-bond donors (Lipinski definition) is 0. The molecule has 10 heteroatoms. The number of ether oxygens (including phenoxy) is 1. The molecule has 1 amide bonds. The van der Waals surface area contributed by atoms with Crippen molar-refractivity contribution < 1.29 is 37.3 Å². The van der Waals surface area contributed by atoms with Gasteiger partial charge in [0.25, 0.3) is 5.91 Å². The Morgan fingerprint density at radius 3 is 1.74 bits per heavy atom. The number of carbonyl (C=O) groups excluding carboxylic acids is 2. The molecule has 232 valence electrons. The van der Waals surface area contributed by atoms with E-state index in [4.69, 9.17) is 23.1 Å². The zero-order valence-corrected chi connectivity index (χ0v) is 25.7. The van der Waals surface area contributed by atoms with Gasteiger partial charge in [-0.3, -0.25) is 28.0 Å². The molecule has 9 nitrogen and oxygen atoms in total. The summed E-state index contributed by atoms with van der Waals surface area (Å²) in [6.07, 6.45) is 4.34. The van der Waals surface area contributed by atoms with E-state index in [1.54, 1.807) is 0 Å². The fraction of sp³-hybridized carbons (Fsp3) is 0.394. The van der Waals surface area contributed by atoms with Gasteiger partial charge in [0.05, 0.1) is 19.8 Å². The molecule has 0 spiro atoms. The Labute approximate surface area is 254 Å². The van der Waals surface area contributed by atoms with Crippen LogP contribution in [0.4, 0.5) is 0 Å². The van der Waals surface area contributed by atoms with Gasteiger partial charge in [-0.15, -0.1) is 0 Å². The molecule has 0 unspecified atom stereocenters. The van der Waals surface area contributed by atoms with Gasteiger partial charge < -0.3 is 4.74 Å². The normalized spacial score (nSPS) is 11.3. The Morgan fingerprint density at radius 1 is 0.674 bits per heavy atom. The second-order valence-electron chi connectivity index (χ2n) is 9.88.